The first-order valence-corrected chi connectivity index (χ1v) is 8.54. The van der Waals surface area contributed by atoms with Gasteiger partial charge < -0.3 is 4.90 Å². The summed E-state index contributed by atoms with van der Waals surface area (Å²) in [5.41, 5.74) is 3.76. The molecular formula is C19H21N5O. The third kappa shape index (κ3) is 2.95. The first kappa shape index (κ1) is 15.6. The minimum absolute atomic E-state index is 0.0676. The molecule has 0 aliphatic carbocycles. The summed E-state index contributed by atoms with van der Waals surface area (Å²) >= 11 is 0. The van der Waals surface area contributed by atoms with Crippen molar-refractivity contribution in [1.29, 1.82) is 0 Å². The Morgan fingerprint density at radius 3 is 2.80 bits per heavy atom. The average molecular weight is 335 g/mol. The zero-order valence-electron chi connectivity index (χ0n) is 14.5. The zero-order valence-corrected chi connectivity index (χ0v) is 14.5. The van der Waals surface area contributed by atoms with Crippen LogP contribution in [0.2, 0.25) is 0 Å². The molecule has 0 radical (unpaired) electrons. The van der Waals surface area contributed by atoms with E-state index in [1.54, 1.807) is 10.9 Å². The number of carbonyl (C=O) groups is 1. The lowest BCUT2D eigenvalue weighted by Crippen LogP contribution is -2.29. The van der Waals surface area contributed by atoms with Crippen molar-refractivity contribution < 1.29 is 4.79 Å². The van der Waals surface area contributed by atoms with Crippen molar-refractivity contribution in [2.24, 2.45) is 0 Å². The van der Waals surface area contributed by atoms with E-state index in [0.29, 0.717) is 12.1 Å². The molecule has 0 N–H and O–H groups in total. The molecule has 0 saturated carbocycles. The van der Waals surface area contributed by atoms with E-state index in [9.17, 15) is 4.79 Å². The fraction of sp³-hybridized carbons (Fsp3) is 0.316. The van der Waals surface area contributed by atoms with E-state index >= 15 is 0 Å². The van der Waals surface area contributed by atoms with Crippen molar-refractivity contribution in [2.75, 3.05) is 13.1 Å². The van der Waals surface area contributed by atoms with E-state index in [1.807, 2.05) is 48.4 Å². The topological polar surface area (TPSA) is 56.0 Å². The molecule has 25 heavy (non-hydrogen) atoms. The van der Waals surface area contributed by atoms with E-state index in [0.717, 1.165) is 30.0 Å². The fourth-order valence-corrected chi connectivity index (χ4v) is 3.53. The Hall–Kier alpha value is -2.89. The third-order valence-corrected chi connectivity index (χ3v) is 4.70. The molecule has 1 saturated heterocycles. The molecule has 1 aromatic carbocycles. The molecule has 3 heterocycles. The smallest absolute Gasteiger partial charge is 0.254 e. The number of amides is 1. The van der Waals surface area contributed by atoms with Crippen molar-refractivity contribution in [3.63, 3.8) is 0 Å². The van der Waals surface area contributed by atoms with E-state index in [1.165, 1.54) is 0 Å². The molecule has 1 aliphatic rings. The summed E-state index contributed by atoms with van der Waals surface area (Å²) in [4.78, 5) is 14.8. The van der Waals surface area contributed by atoms with Crippen LogP contribution in [0.5, 0.6) is 0 Å². The molecule has 1 aliphatic heterocycles. The highest BCUT2D eigenvalue weighted by atomic mass is 16.2. The molecule has 1 unspecified atom stereocenters. The van der Waals surface area contributed by atoms with Crippen LogP contribution < -0.4 is 0 Å². The summed E-state index contributed by atoms with van der Waals surface area (Å²) in [6.45, 7) is 5.53. The average Bonchev–Trinajstić information content (AvgIpc) is 3.35. The van der Waals surface area contributed by atoms with Crippen LogP contribution in [-0.2, 0) is 0 Å². The predicted octanol–water partition coefficient (Wildman–Crippen LogP) is 2.77. The lowest BCUT2D eigenvalue weighted by molar-refractivity contribution is 0.0787. The van der Waals surface area contributed by atoms with Gasteiger partial charge in [-0.25, -0.2) is 4.68 Å². The normalized spacial score (nSPS) is 17.2. The molecular weight excluding hydrogens is 314 g/mol. The van der Waals surface area contributed by atoms with Gasteiger partial charge in [-0.1, -0.05) is 6.07 Å². The van der Waals surface area contributed by atoms with E-state index in [4.69, 9.17) is 0 Å². The summed E-state index contributed by atoms with van der Waals surface area (Å²) in [6, 6.07) is 11.8. The highest BCUT2D eigenvalue weighted by Crippen LogP contribution is 2.25. The number of aryl methyl sites for hydroxylation is 2. The van der Waals surface area contributed by atoms with Crippen LogP contribution in [0.4, 0.5) is 0 Å². The summed E-state index contributed by atoms with van der Waals surface area (Å²) in [7, 11) is 0. The van der Waals surface area contributed by atoms with Crippen LogP contribution in [0.25, 0.3) is 5.69 Å². The van der Waals surface area contributed by atoms with E-state index in [2.05, 4.69) is 27.9 Å². The lowest BCUT2D eigenvalue weighted by atomic mass is 10.2. The van der Waals surface area contributed by atoms with Gasteiger partial charge in [0.2, 0.25) is 0 Å². The summed E-state index contributed by atoms with van der Waals surface area (Å²) in [6.07, 6.45) is 4.54. The quantitative estimate of drug-likeness (QED) is 0.739. The second-order valence-electron chi connectivity index (χ2n) is 6.57. The van der Waals surface area contributed by atoms with Gasteiger partial charge in [0.15, 0.2) is 0 Å². The Balaban J connectivity index is 1.52. The zero-order chi connectivity index (χ0) is 17.4. The Morgan fingerprint density at radius 1 is 1.20 bits per heavy atom. The van der Waals surface area contributed by atoms with Gasteiger partial charge in [0.05, 0.1) is 17.4 Å². The van der Waals surface area contributed by atoms with Crippen LogP contribution >= 0.6 is 0 Å². The number of nitrogens with zero attached hydrogens (tertiary/aromatic N) is 5. The van der Waals surface area contributed by atoms with Gasteiger partial charge in [-0.3, -0.25) is 9.48 Å². The molecule has 2 aromatic heterocycles. The molecule has 1 fully saturated rings. The maximum absolute atomic E-state index is 12.9. The van der Waals surface area contributed by atoms with Gasteiger partial charge in [0.25, 0.3) is 5.91 Å². The van der Waals surface area contributed by atoms with Crippen LogP contribution in [0.15, 0.2) is 48.8 Å². The van der Waals surface area contributed by atoms with Gasteiger partial charge in [-0.2, -0.15) is 10.2 Å². The van der Waals surface area contributed by atoms with Gasteiger partial charge in [0.1, 0.15) is 0 Å². The van der Waals surface area contributed by atoms with Crippen LogP contribution in [0.3, 0.4) is 0 Å². The standard InChI is InChI=1S/C19H21N5O/c1-14-11-15(2)24(21-14)18-7-10-22(13-18)19(25)16-5-3-6-17(12-16)23-9-4-8-20-23/h3-6,8-9,11-12,18H,7,10,13H2,1-2H3. The Kier molecular flexibility index (Phi) is 3.87. The number of hydrogen-bond acceptors (Lipinski definition) is 3. The van der Waals surface area contributed by atoms with Crippen LogP contribution in [-0.4, -0.2) is 43.5 Å². The highest BCUT2D eigenvalue weighted by Gasteiger charge is 2.29. The molecule has 0 bridgehead atoms. The van der Waals surface area contributed by atoms with Crippen molar-refractivity contribution in [3.05, 3.63) is 65.7 Å². The number of aromatic nitrogens is 4. The Bertz CT molecular complexity index is 896. The van der Waals surface area contributed by atoms with Gasteiger partial charge in [-0.05, 0) is 50.6 Å². The summed E-state index contributed by atoms with van der Waals surface area (Å²) in [5, 5.41) is 8.80. The molecule has 3 aromatic rings. The molecule has 128 valence electrons. The maximum Gasteiger partial charge on any atom is 0.254 e. The largest absolute Gasteiger partial charge is 0.336 e. The van der Waals surface area contributed by atoms with Gasteiger partial charge in [-0.15, -0.1) is 0 Å². The second kappa shape index (κ2) is 6.20. The molecule has 6 nitrogen and oxygen atoms in total. The van der Waals surface area contributed by atoms with Crippen molar-refractivity contribution in [1.82, 2.24) is 24.5 Å². The van der Waals surface area contributed by atoms with E-state index < -0.39 is 0 Å². The second-order valence-corrected chi connectivity index (χ2v) is 6.57. The molecule has 0 spiro atoms. The molecule has 1 amide bonds. The monoisotopic (exact) mass is 335 g/mol. The predicted molar refractivity (Wildman–Crippen MR) is 94.8 cm³/mol. The number of hydrogen-bond donors (Lipinski definition) is 0. The fourth-order valence-electron chi connectivity index (χ4n) is 3.53. The third-order valence-electron chi connectivity index (χ3n) is 4.70. The van der Waals surface area contributed by atoms with Gasteiger partial charge in [0, 0.05) is 36.7 Å². The molecule has 4 rings (SSSR count). The van der Waals surface area contributed by atoms with E-state index in [-0.39, 0.29) is 11.9 Å². The number of likely N-dealkylation sites (tertiary alicyclic amines) is 1. The lowest BCUT2D eigenvalue weighted by Gasteiger charge is -2.18. The highest BCUT2D eigenvalue weighted by molar-refractivity contribution is 5.95. The molecule has 6 heteroatoms. The summed E-state index contributed by atoms with van der Waals surface area (Å²) < 4.78 is 3.82. The maximum atomic E-state index is 12.9. The van der Waals surface area contributed by atoms with Crippen molar-refractivity contribution >= 4 is 5.91 Å². The number of rotatable bonds is 3. The Labute approximate surface area is 146 Å². The first-order valence-electron chi connectivity index (χ1n) is 8.54. The Morgan fingerprint density at radius 2 is 2.08 bits per heavy atom. The van der Waals surface area contributed by atoms with Crippen LogP contribution in [0.1, 0.15) is 34.2 Å². The van der Waals surface area contributed by atoms with Crippen molar-refractivity contribution in [2.45, 2.75) is 26.3 Å². The van der Waals surface area contributed by atoms with Gasteiger partial charge >= 0.3 is 0 Å². The minimum atomic E-state index is 0.0676. The number of benzene rings is 1. The SMILES string of the molecule is Cc1cc(C)n(C2CCN(C(=O)c3cccc(-n4cccn4)c3)C2)n1. The number of carbonyl (C=O) groups excluding carboxylic acids is 1. The van der Waals surface area contributed by atoms with Crippen molar-refractivity contribution in [3.8, 4) is 5.69 Å². The summed E-state index contributed by atoms with van der Waals surface area (Å²) in [5.74, 6) is 0.0676. The minimum Gasteiger partial charge on any atom is -0.336 e. The van der Waals surface area contributed by atoms with Crippen LogP contribution in [0, 0.1) is 13.8 Å². The molecule has 1 atom stereocenters. The first-order chi connectivity index (χ1) is 12.1.